The predicted molar refractivity (Wildman–Crippen MR) is 76.0 cm³/mol. The van der Waals surface area contributed by atoms with E-state index in [4.69, 9.17) is 5.73 Å². The normalized spacial score (nSPS) is 15.5. The summed E-state index contributed by atoms with van der Waals surface area (Å²) in [6.45, 7) is 6.52. The zero-order valence-electron chi connectivity index (χ0n) is 12.3. The topological polar surface area (TPSA) is 121 Å². The van der Waals surface area contributed by atoms with Crippen molar-refractivity contribution in [2.75, 3.05) is 13.1 Å². The highest BCUT2D eigenvalue weighted by molar-refractivity contribution is 5.92. The van der Waals surface area contributed by atoms with Crippen LogP contribution in [0.5, 0.6) is 0 Å². The maximum absolute atomic E-state index is 12.1. The second kappa shape index (κ2) is 5.19. The van der Waals surface area contributed by atoms with Gasteiger partial charge in [-0.15, -0.1) is 0 Å². The third kappa shape index (κ3) is 3.39. The average molecular weight is 293 g/mol. The zero-order valence-corrected chi connectivity index (χ0v) is 12.3. The molecule has 1 aromatic heterocycles. The monoisotopic (exact) mass is 293 g/mol. The third-order valence-electron chi connectivity index (χ3n) is 3.31. The molecule has 0 spiro atoms. The second-order valence-corrected chi connectivity index (χ2v) is 6.15. The van der Waals surface area contributed by atoms with E-state index in [1.807, 2.05) is 20.8 Å². The number of nitrogens with two attached hydrogens (primary N) is 1. The maximum atomic E-state index is 12.1. The number of H-pyrrole nitrogens is 1. The molecule has 114 valence electrons. The number of rotatable bonds is 2. The van der Waals surface area contributed by atoms with Gasteiger partial charge in [0.25, 0.3) is 5.91 Å². The molecule has 2 rings (SSSR count). The Morgan fingerprint density at radius 2 is 2.05 bits per heavy atom. The van der Waals surface area contributed by atoms with Crippen LogP contribution in [0.2, 0.25) is 0 Å². The lowest BCUT2D eigenvalue weighted by molar-refractivity contribution is 0.0855. The van der Waals surface area contributed by atoms with Crippen LogP contribution < -0.4 is 16.7 Å². The van der Waals surface area contributed by atoms with Crippen LogP contribution in [0.3, 0.4) is 0 Å². The number of carbonyl (C=O) groups excluding carboxylic acids is 2. The van der Waals surface area contributed by atoms with Gasteiger partial charge in [-0.3, -0.25) is 4.79 Å². The smallest absolute Gasteiger partial charge is 0.345 e. The van der Waals surface area contributed by atoms with E-state index in [0.717, 1.165) is 0 Å². The van der Waals surface area contributed by atoms with Crippen LogP contribution in [0.25, 0.3) is 0 Å². The molecule has 0 radical (unpaired) electrons. The molecule has 1 saturated heterocycles. The van der Waals surface area contributed by atoms with E-state index in [1.165, 1.54) is 4.90 Å². The van der Waals surface area contributed by atoms with Crippen molar-refractivity contribution in [3.63, 3.8) is 0 Å². The van der Waals surface area contributed by atoms with Crippen LogP contribution in [0.1, 0.15) is 37.0 Å². The molecule has 1 aliphatic heterocycles. The van der Waals surface area contributed by atoms with Crippen molar-refractivity contribution in [1.82, 2.24) is 20.2 Å². The Bertz CT molecular complexity index is 625. The van der Waals surface area contributed by atoms with E-state index in [9.17, 15) is 14.4 Å². The van der Waals surface area contributed by atoms with E-state index < -0.39 is 17.6 Å². The Kier molecular flexibility index (Phi) is 3.71. The van der Waals surface area contributed by atoms with Crippen molar-refractivity contribution in [2.24, 2.45) is 5.73 Å². The first-order valence-electron chi connectivity index (χ1n) is 6.64. The van der Waals surface area contributed by atoms with Crippen LogP contribution in [-0.2, 0) is 5.41 Å². The number of aromatic amines is 1. The van der Waals surface area contributed by atoms with Gasteiger partial charge < -0.3 is 20.9 Å². The quantitative estimate of drug-likeness (QED) is 0.684. The fourth-order valence-corrected chi connectivity index (χ4v) is 1.99. The summed E-state index contributed by atoms with van der Waals surface area (Å²) in [5.74, 6) is -0.430. The number of nitrogens with zero attached hydrogens (tertiary/aromatic N) is 2. The molecule has 8 nitrogen and oxygen atoms in total. The molecular weight excluding hydrogens is 274 g/mol. The Balaban J connectivity index is 2.08. The number of aromatic nitrogens is 2. The summed E-state index contributed by atoms with van der Waals surface area (Å²) in [6.07, 6.45) is 0. The molecule has 8 heteroatoms. The molecule has 1 aliphatic rings. The van der Waals surface area contributed by atoms with Crippen LogP contribution in [-0.4, -0.2) is 45.9 Å². The predicted octanol–water partition coefficient (Wildman–Crippen LogP) is -0.440. The van der Waals surface area contributed by atoms with Gasteiger partial charge in [-0.1, -0.05) is 20.8 Å². The lowest BCUT2D eigenvalue weighted by Gasteiger charge is -2.38. The molecule has 0 atom stereocenters. The second-order valence-electron chi connectivity index (χ2n) is 6.15. The molecule has 0 aromatic carbocycles. The van der Waals surface area contributed by atoms with Gasteiger partial charge in [-0.05, 0) is 6.07 Å². The van der Waals surface area contributed by atoms with E-state index in [2.05, 4.69) is 15.3 Å². The van der Waals surface area contributed by atoms with E-state index in [1.54, 1.807) is 6.07 Å². The Hall–Kier alpha value is -2.38. The number of urea groups is 1. The highest BCUT2D eigenvalue weighted by atomic mass is 16.2. The van der Waals surface area contributed by atoms with Crippen molar-refractivity contribution >= 4 is 11.9 Å². The lowest BCUT2D eigenvalue weighted by Crippen LogP contribution is -2.62. The van der Waals surface area contributed by atoms with Crippen molar-refractivity contribution in [3.8, 4) is 0 Å². The van der Waals surface area contributed by atoms with E-state index in [-0.39, 0.29) is 17.2 Å². The molecule has 1 fully saturated rings. The highest BCUT2D eigenvalue weighted by Gasteiger charge is 2.31. The minimum absolute atomic E-state index is 0.0706. The minimum Gasteiger partial charge on any atom is -0.351 e. The number of nitrogens with one attached hydrogen (secondary N) is 2. The van der Waals surface area contributed by atoms with Crippen LogP contribution in [0, 0.1) is 0 Å². The first-order valence-corrected chi connectivity index (χ1v) is 6.64. The molecule has 0 unspecified atom stereocenters. The fraction of sp³-hybridized carbons (Fsp3) is 0.538. The standard InChI is InChI=1S/C13H19N5O3/c1-13(2,3)9-4-8(16-12(21)17-9)10(19)15-7-5-18(6-7)11(14)20/h4,7H,5-6H2,1-3H3,(H2,14,20)(H,15,19)(H,16,17,21). The maximum Gasteiger partial charge on any atom is 0.345 e. The van der Waals surface area contributed by atoms with Gasteiger partial charge in [0.05, 0.1) is 6.04 Å². The number of hydrogen-bond donors (Lipinski definition) is 3. The van der Waals surface area contributed by atoms with E-state index in [0.29, 0.717) is 18.8 Å². The van der Waals surface area contributed by atoms with E-state index >= 15 is 0 Å². The summed E-state index contributed by atoms with van der Waals surface area (Å²) in [7, 11) is 0. The van der Waals surface area contributed by atoms with Crippen LogP contribution in [0.15, 0.2) is 10.9 Å². The van der Waals surface area contributed by atoms with Crippen molar-refractivity contribution in [2.45, 2.75) is 32.2 Å². The van der Waals surface area contributed by atoms with Gasteiger partial charge in [0.15, 0.2) is 0 Å². The summed E-state index contributed by atoms with van der Waals surface area (Å²) in [6, 6.07) is 0.898. The van der Waals surface area contributed by atoms with Gasteiger partial charge >= 0.3 is 11.7 Å². The molecule has 2 heterocycles. The van der Waals surface area contributed by atoms with Gasteiger partial charge in [-0.2, -0.15) is 4.98 Å². The number of carbonyl (C=O) groups is 2. The fourth-order valence-electron chi connectivity index (χ4n) is 1.99. The van der Waals surface area contributed by atoms with Crippen LogP contribution in [0.4, 0.5) is 4.79 Å². The Morgan fingerprint density at radius 1 is 1.43 bits per heavy atom. The SMILES string of the molecule is CC(C)(C)c1cc(C(=O)NC2CN(C(N)=O)C2)nc(=O)[nH]1. The van der Waals surface area contributed by atoms with Crippen molar-refractivity contribution in [1.29, 1.82) is 0 Å². The largest absolute Gasteiger partial charge is 0.351 e. The zero-order chi connectivity index (χ0) is 15.8. The van der Waals surface area contributed by atoms with Gasteiger partial charge in [-0.25, -0.2) is 9.59 Å². The Labute approximate surface area is 121 Å². The number of amides is 3. The molecule has 1 aromatic rings. The molecule has 4 N–H and O–H groups in total. The summed E-state index contributed by atoms with van der Waals surface area (Å²) in [5, 5.41) is 2.72. The minimum atomic E-state index is -0.556. The average Bonchev–Trinajstić information content (AvgIpc) is 2.30. The summed E-state index contributed by atoms with van der Waals surface area (Å²) < 4.78 is 0. The number of hydrogen-bond acceptors (Lipinski definition) is 4. The van der Waals surface area contributed by atoms with Gasteiger partial charge in [0.2, 0.25) is 0 Å². The molecule has 0 aliphatic carbocycles. The summed E-state index contributed by atoms with van der Waals surface area (Å²) in [5.41, 5.74) is 4.96. The summed E-state index contributed by atoms with van der Waals surface area (Å²) >= 11 is 0. The van der Waals surface area contributed by atoms with Crippen molar-refractivity contribution in [3.05, 3.63) is 27.9 Å². The third-order valence-corrected chi connectivity index (χ3v) is 3.31. The van der Waals surface area contributed by atoms with Crippen molar-refractivity contribution < 1.29 is 9.59 Å². The summed E-state index contributed by atoms with van der Waals surface area (Å²) in [4.78, 5) is 42.2. The highest BCUT2D eigenvalue weighted by Crippen LogP contribution is 2.19. The molecular formula is C13H19N5O3. The lowest BCUT2D eigenvalue weighted by atomic mass is 9.91. The molecule has 0 bridgehead atoms. The van der Waals surface area contributed by atoms with Crippen LogP contribution >= 0.6 is 0 Å². The first-order chi connectivity index (χ1) is 9.66. The first kappa shape index (κ1) is 15.0. The molecule has 21 heavy (non-hydrogen) atoms. The Morgan fingerprint density at radius 3 is 2.57 bits per heavy atom. The van der Waals surface area contributed by atoms with Gasteiger partial charge in [0, 0.05) is 24.2 Å². The van der Waals surface area contributed by atoms with Gasteiger partial charge in [0.1, 0.15) is 5.69 Å². The number of primary amides is 1. The number of likely N-dealkylation sites (tertiary alicyclic amines) is 1. The molecule has 3 amide bonds. The molecule has 0 saturated carbocycles.